The van der Waals surface area contributed by atoms with Gasteiger partial charge in [0.15, 0.2) is 5.11 Å². The molecule has 0 aromatic heterocycles. The number of carbonyl (C=O) groups excluding carboxylic acids is 1. The molecular weight excluding hydrogens is 284 g/mol. The number of hydrogen-bond acceptors (Lipinski definition) is 3. The third kappa shape index (κ3) is 3.49. The zero-order valence-electron chi connectivity index (χ0n) is 12.1. The molecule has 5 heteroatoms. The van der Waals surface area contributed by atoms with Crippen LogP contribution in [-0.2, 0) is 9.53 Å². The summed E-state index contributed by atoms with van der Waals surface area (Å²) in [5.74, 6) is -0.375. The minimum Gasteiger partial charge on any atom is -0.458 e. The SMILES string of the molecule is C=CCOC(=O)C1=C(C)NC(=S)NC1c1ccc(C)cc1. The van der Waals surface area contributed by atoms with Crippen molar-refractivity contribution in [2.24, 2.45) is 0 Å². The number of allylic oxidation sites excluding steroid dienone is 1. The van der Waals surface area contributed by atoms with E-state index in [1.165, 1.54) is 0 Å². The maximum atomic E-state index is 12.3. The van der Waals surface area contributed by atoms with E-state index < -0.39 is 0 Å². The van der Waals surface area contributed by atoms with Gasteiger partial charge >= 0.3 is 5.97 Å². The molecule has 1 aliphatic rings. The van der Waals surface area contributed by atoms with Crippen LogP contribution in [-0.4, -0.2) is 17.7 Å². The van der Waals surface area contributed by atoms with Gasteiger partial charge in [0.05, 0.1) is 11.6 Å². The molecule has 0 saturated heterocycles. The maximum Gasteiger partial charge on any atom is 0.338 e. The van der Waals surface area contributed by atoms with Gasteiger partial charge in [0.2, 0.25) is 0 Å². The van der Waals surface area contributed by atoms with Crippen molar-refractivity contribution in [1.29, 1.82) is 0 Å². The van der Waals surface area contributed by atoms with Crippen LogP contribution in [0.15, 0.2) is 48.2 Å². The minimum absolute atomic E-state index is 0.181. The van der Waals surface area contributed by atoms with Crippen LogP contribution >= 0.6 is 12.2 Å². The van der Waals surface area contributed by atoms with Gasteiger partial charge in [-0.1, -0.05) is 42.5 Å². The van der Waals surface area contributed by atoms with Crippen molar-refractivity contribution in [2.75, 3.05) is 6.61 Å². The quantitative estimate of drug-likeness (QED) is 0.508. The minimum atomic E-state index is -0.375. The fourth-order valence-corrected chi connectivity index (χ4v) is 2.46. The summed E-state index contributed by atoms with van der Waals surface area (Å²) in [5.41, 5.74) is 3.37. The first-order valence-corrected chi connectivity index (χ1v) is 7.06. The number of aryl methyl sites for hydroxylation is 1. The number of rotatable bonds is 4. The van der Waals surface area contributed by atoms with Crippen molar-refractivity contribution in [3.63, 3.8) is 0 Å². The highest BCUT2D eigenvalue weighted by Crippen LogP contribution is 2.27. The number of thiocarbonyl (C=S) groups is 1. The van der Waals surface area contributed by atoms with Crippen LogP contribution in [0.4, 0.5) is 0 Å². The van der Waals surface area contributed by atoms with Gasteiger partial charge in [-0.15, -0.1) is 0 Å². The molecule has 0 aliphatic carbocycles. The molecule has 4 nitrogen and oxygen atoms in total. The number of hydrogen-bond donors (Lipinski definition) is 2. The lowest BCUT2D eigenvalue weighted by atomic mass is 9.95. The molecule has 0 radical (unpaired) electrons. The van der Waals surface area contributed by atoms with Crippen molar-refractivity contribution in [1.82, 2.24) is 10.6 Å². The molecular formula is C16H18N2O2S. The molecule has 2 N–H and O–H groups in total. The maximum absolute atomic E-state index is 12.3. The van der Waals surface area contributed by atoms with Gasteiger partial charge in [-0.05, 0) is 31.6 Å². The summed E-state index contributed by atoms with van der Waals surface area (Å²) < 4.78 is 5.17. The third-order valence-corrected chi connectivity index (χ3v) is 3.45. The highest BCUT2D eigenvalue weighted by Gasteiger charge is 2.30. The third-order valence-electron chi connectivity index (χ3n) is 3.23. The Morgan fingerprint density at radius 2 is 2.05 bits per heavy atom. The molecule has 0 saturated carbocycles. The van der Waals surface area contributed by atoms with E-state index >= 15 is 0 Å². The van der Waals surface area contributed by atoms with Crippen LogP contribution in [0.5, 0.6) is 0 Å². The monoisotopic (exact) mass is 302 g/mol. The standard InChI is InChI=1S/C16H18N2O2S/c1-4-9-20-15(19)13-11(3)17-16(21)18-14(13)12-7-5-10(2)6-8-12/h4-8,14H,1,9H2,2-3H3,(H2,17,18,21). The predicted octanol–water partition coefficient (Wildman–Crippen LogP) is 2.52. The number of carbonyl (C=O) groups is 1. The Labute approximate surface area is 129 Å². The number of benzene rings is 1. The number of esters is 1. The molecule has 21 heavy (non-hydrogen) atoms. The van der Waals surface area contributed by atoms with E-state index in [1.54, 1.807) is 6.08 Å². The van der Waals surface area contributed by atoms with Crippen LogP contribution in [0.2, 0.25) is 0 Å². The Bertz CT molecular complexity index is 605. The summed E-state index contributed by atoms with van der Waals surface area (Å²) in [7, 11) is 0. The molecule has 1 aliphatic heterocycles. The molecule has 1 aromatic rings. The van der Waals surface area contributed by atoms with Crippen LogP contribution in [0.25, 0.3) is 0 Å². The van der Waals surface area contributed by atoms with Gasteiger partial charge in [0.25, 0.3) is 0 Å². The Hall–Kier alpha value is -2.14. The van der Waals surface area contributed by atoms with Crippen molar-refractivity contribution in [2.45, 2.75) is 19.9 Å². The zero-order valence-corrected chi connectivity index (χ0v) is 12.9. The lowest BCUT2D eigenvalue weighted by Crippen LogP contribution is -2.45. The Balaban J connectivity index is 2.37. The van der Waals surface area contributed by atoms with E-state index in [-0.39, 0.29) is 18.6 Å². The summed E-state index contributed by atoms with van der Waals surface area (Å²) >= 11 is 5.19. The molecule has 110 valence electrons. The van der Waals surface area contributed by atoms with E-state index in [2.05, 4.69) is 17.2 Å². The van der Waals surface area contributed by atoms with E-state index in [0.717, 1.165) is 11.1 Å². The van der Waals surface area contributed by atoms with Crippen LogP contribution in [0, 0.1) is 6.92 Å². The summed E-state index contributed by atoms with van der Waals surface area (Å²) in [6.45, 7) is 7.57. The molecule has 0 fully saturated rings. The Morgan fingerprint density at radius 1 is 1.38 bits per heavy atom. The normalized spacial score (nSPS) is 17.8. The molecule has 1 atom stereocenters. The summed E-state index contributed by atoms with van der Waals surface area (Å²) in [4.78, 5) is 12.3. The van der Waals surface area contributed by atoms with Gasteiger partial charge in [-0.2, -0.15) is 0 Å². The first-order chi connectivity index (χ1) is 10.0. The molecule has 0 spiro atoms. The smallest absolute Gasteiger partial charge is 0.338 e. The van der Waals surface area contributed by atoms with E-state index in [0.29, 0.717) is 16.4 Å². The van der Waals surface area contributed by atoms with Crippen LogP contribution in [0.3, 0.4) is 0 Å². The van der Waals surface area contributed by atoms with Crippen LogP contribution in [0.1, 0.15) is 24.1 Å². The first-order valence-electron chi connectivity index (χ1n) is 6.65. The fourth-order valence-electron chi connectivity index (χ4n) is 2.19. The van der Waals surface area contributed by atoms with Gasteiger partial charge in [0, 0.05) is 5.70 Å². The van der Waals surface area contributed by atoms with Crippen LogP contribution < -0.4 is 10.6 Å². The zero-order chi connectivity index (χ0) is 15.4. The second-order valence-corrected chi connectivity index (χ2v) is 5.28. The van der Waals surface area contributed by atoms with E-state index in [4.69, 9.17) is 17.0 Å². The van der Waals surface area contributed by atoms with Crippen molar-refractivity contribution >= 4 is 23.3 Å². The van der Waals surface area contributed by atoms with Crippen molar-refractivity contribution < 1.29 is 9.53 Å². The van der Waals surface area contributed by atoms with Crippen molar-refractivity contribution in [3.05, 3.63) is 59.3 Å². The predicted molar refractivity (Wildman–Crippen MR) is 86.6 cm³/mol. The molecule has 1 unspecified atom stereocenters. The average Bonchev–Trinajstić information content (AvgIpc) is 2.44. The average molecular weight is 302 g/mol. The van der Waals surface area contributed by atoms with Gasteiger partial charge in [-0.3, -0.25) is 0 Å². The van der Waals surface area contributed by atoms with Crippen molar-refractivity contribution in [3.8, 4) is 0 Å². The topological polar surface area (TPSA) is 50.4 Å². The second kappa shape index (κ2) is 6.54. The largest absolute Gasteiger partial charge is 0.458 e. The molecule has 1 heterocycles. The summed E-state index contributed by atoms with van der Waals surface area (Å²) in [6, 6.07) is 7.66. The lowest BCUT2D eigenvalue weighted by Gasteiger charge is -2.29. The van der Waals surface area contributed by atoms with E-state index in [9.17, 15) is 4.79 Å². The van der Waals surface area contributed by atoms with Gasteiger partial charge in [0.1, 0.15) is 6.61 Å². The molecule has 0 bridgehead atoms. The highest BCUT2D eigenvalue weighted by molar-refractivity contribution is 7.80. The summed E-state index contributed by atoms with van der Waals surface area (Å²) in [5, 5.41) is 6.60. The highest BCUT2D eigenvalue weighted by atomic mass is 32.1. The Morgan fingerprint density at radius 3 is 2.67 bits per heavy atom. The molecule has 2 rings (SSSR count). The molecule has 0 amide bonds. The second-order valence-electron chi connectivity index (χ2n) is 4.87. The number of nitrogens with one attached hydrogen (secondary N) is 2. The summed E-state index contributed by atoms with van der Waals surface area (Å²) in [6.07, 6.45) is 1.54. The molecule has 1 aromatic carbocycles. The van der Waals surface area contributed by atoms with Gasteiger partial charge in [-0.25, -0.2) is 4.79 Å². The van der Waals surface area contributed by atoms with Gasteiger partial charge < -0.3 is 15.4 Å². The first kappa shape index (κ1) is 15.3. The van der Waals surface area contributed by atoms with E-state index in [1.807, 2.05) is 38.1 Å². The lowest BCUT2D eigenvalue weighted by molar-refractivity contribution is -0.138. The fraction of sp³-hybridized carbons (Fsp3) is 0.250. The number of ether oxygens (including phenoxy) is 1. The Kier molecular flexibility index (Phi) is 4.75.